The largest absolute Gasteiger partial charge is 0.507 e. The van der Waals surface area contributed by atoms with Crippen molar-refractivity contribution >= 4 is 28.3 Å². The van der Waals surface area contributed by atoms with Crippen molar-refractivity contribution in [3.8, 4) is 17.1 Å². The van der Waals surface area contributed by atoms with E-state index >= 15 is 0 Å². The molecule has 1 fully saturated rings. The quantitative estimate of drug-likeness (QED) is 0.293. The molecule has 0 bridgehead atoms. The molecule has 0 spiro atoms. The third-order valence-electron chi connectivity index (χ3n) is 9.02. The zero-order valence-electron chi connectivity index (χ0n) is 23.7. The van der Waals surface area contributed by atoms with E-state index in [1.54, 1.807) is 6.07 Å². The van der Waals surface area contributed by atoms with Gasteiger partial charge in [-0.2, -0.15) is 0 Å². The molecule has 42 heavy (non-hydrogen) atoms. The normalized spacial score (nSPS) is 17.1. The van der Waals surface area contributed by atoms with Crippen LogP contribution in [0.4, 0.5) is 11.4 Å². The Morgan fingerprint density at radius 1 is 0.976 bits per heavy atom. The Balaban J connectivity index is 0.00000316. The molecular formula is C34H42N6O2. The van der Waals surface area contributed by atoms with E-state index in [4.69, 9.17) is 4.98 Å². The van der Waals surface area contributed by atoms with Crippen LogP contribution in [-0.2, 0) is 19.3 Å². The van der Waals surface area contributed by atoms with Crippen LogP contribution in [0.15, 0.2) is 48.5 Å². The Labute approximate surface area is 248 Å². The fraction of sp³-hybridized carbons (Fsp3) is 0.412. The summed E-state index contributed by atoms with van der Waals surface area (Å²) in [5.74, 6) is 0.817. The molecule has 0 unspecified atom stereocenters. The number of piperazine rings is 1. The Morgan fingerprint density at radius 2 is 1.74 bits per heavy atom. The number of H-pyrrole nitrogens is 1. The van der Waals surface area contributed by atoms with E-state index in [-0.39, 0.29) is 13.3 Å². The number of phenolic OH excluding ortho intramolecular Hbond substituents is 1. The van der Waals surface area contributed by atoms with E-state index < -0.39 is 0 Å². The summed E-state index contributed by atoms with van der Waals surface area (Å²) in [5, 5.41) is 14.3. The monoisotopic (exact) mass is 566 g/mol. The third-order valence-corrected chi connectivity index (χ3v) is 9.02. The maximum atomic E-state index is 13.1. The highest BCUT2D eigenvalue weighted by atomic mass is 16.3. The molecule has 8 nitrogen and oxygen atoms in total. The number of fused-ring (bicyclic) bond motifs is 1. The number of hydrogen-bond donors (Lipinski definition) is 3. The maximum Gasteiger partial charge on any atom is 0.255 e. The average molecular weight is 567 g/mol. The number of phenols is 1. The number of aromatic nitrogens is 2. The molecule has 3 N–H and O–H groups in total. The van der Waals surface area contributed by atoms with Crippen molar-refractivity contribution in [1.29, 1.82) is 0 Å². The van der Waals surface area contributed by atoms with Gasteiger partial charge in [-0.1, -0.05) is 19.6 Å². The molecule has 220 valence electrons. The zero-order chi connectivity index (χ0) is 27.9. The minimum atomic E-state index is -0.158. The van der Waals surface area contributed by atoms with Gasteiger partial charge in [-0.15, -0.1) is 0 Å². The van der Waals surface area contributed by atoms with Gasteiger partial charge in [0.2, 0.25) is 0 Å². The number of carbonyl (C=O) groups is 1. The number of hydrogen-bond acceptors (Lipinski definition) is 6. The Morgan fingerprint density at radius 3 is 2.52 bits per heavy atom. The number of aryl methyl sites for hydroxylation is 1. The highest BCUT2D eigenvalue weighted by molar-refractivity contribution is 6.06. The van der Waals surface area contributed by atoms with Gasteiger partial charge < -0.3 is 30.1 Å². The van der Waals surface area contributed by atoms with Gasteiger partial charge in [0, 0.05) is 68.3 Å². The van der Waals surface area contributed by atoms with Crippen LogP contribution < -0.4 is 10.2 Å². The fourth-order valence-electron chi connectivity index (χ4n) is 6.62. The molecular weight excluding hydrogens is 524 g/mol. The Hall–Kier alpha value is -3.88. The molecule has 1 saturated heterocycles. The highest BCUT2D eigenvalue weighted by Gasteiger charge is 2.28. The smallest absolute Gasteiger partial charge is 0.255 e. The van der Waals surface area contributed by atoms with Crippen molar-refractivity contribution in [2.75, 3.05) is 63.1 Å². The minimum absolute atomic E-state index is 0. The van der Waals surface area contributed by atoms with Crippen molar-refractivity contribution in [3.63, 3.8) is 0 Å². The fourth-order valence-corrected chi connectivity index (χ4v) is 6.62. The zero-order valence-corrected chi connectivity index (χ0v) is 23.7. The lowest BCUT2D eigenvalue weighted by atomic mass is 9.89. The molecule has 0 saturated carbocycles. The molecule has 1 aromatic heterocycles. The number of nitrogens with one attached hydrogen (secondary N) is 2. The van der Waals surface area contributed by atoms with Crippen LogP contribution in [0, 0.1) is 0 Å². The molecule has 8 heteroatoms. The van der Waals surface area contributed by atoms with Gasteiger partial charge in [-0.25, -0.2) is 4.98 Å². The molecule has 1 amide bonds. The first-order chi connectivity index (χ1) is 20.0. The molecule has 3 aliphatic heterocycles. The number of aromatic hydroxyl groups is 1. The van der Waals surface area contributed by atoms with Gasteiger partial charge >= 0.3 is 0 Å². The topological polar surface area (TPSA) is 87.7 Å². The summed E-state index contributed by atoms with van der Waals surface area (Å²) in [4.78, 5) is 28.6. The summed E-state index contributed by atoms with van der Waals surface area (Å²) < 4.78 is 0. The summed E-state index contributed by atoms with van der Waals surface area (Å²) in [6.45, 7) is 7.71. The van der Waals surface area contributed by atoms with Crippen molar-refractivity contribution in [2.24, 2.45) is 0 Å². The first-order valence-corrected chi connectivity index (χ1v) is 15.0. The predicted molar refractivity (Wildman–Crippen MR) is 171 cm³/mol. The number of anilines is 2. The first kappa shape index (κ1) is 28.2. The Kier molecular flexibility index (Phi) is 7.92. The lowest BCUT2D eigenvalue weighted by Gasteiger charge is -2.37. The number of amides is 1. The second-order valence-corrected chi connectivity index (χ2v) is 11.8. The summed E-state index contributed by atoms with van der Waals surface area (Å²) in [6, 6.07) is 15.8. The number of imidazole rings is 1. The lowest BCUT2D eigenvalue weighted by Crippen LogP contribution is -2.45. The first-order valence-electron chi connectivity index (χ1n) is 15.0. The van der Waals surface area contributed by atoms with E-state index in [9.17, 15) is 9.90 Å². The minimum Gasteiger partial charge on any atom is -0.507 e. The van der Waals surface area contributed by atoms with Gasteiger partial charge in [-0.05, 0) is 86.7 Å². The molecule has 3 aliphatic rings. The SMILES string of the molecule is C.CN1CCN(CCc2ccc(NC(=O)c3ccc4nc(-c5cc6c7c(c5O)CCCN7CCC6)[nH]c4c3)cc2)CC1. The summed E-state index contributed by atoms with van der Waals surface area (Å²) in [5.41, 5.74) is 8.50. The Bertz CT molecular complexity index is 1580. The standard InChI is InChI=1S/C33H38N6O2.CH4/c1-37-16-18-38(19-17-37)15-12-22-6-9-25(10-7-22)34-33(41)24-8-11-28-29(21-24)36-32(35-28)27-20-23-4-2-13-39-14-3-5-26(30(23)39)31(27)40;/h6-11,20-21,40H,2-5,12-19H2,1H3,(H,34,41)(H,35,36);1H4. The predicted octanol–water partition coefficient (Wildman–Crippen LogP) is 5.31. The van der Waals surface area contributed by atoms with E-state index in [1.807, 2.05) is 24.3 Å². The van der Waals surface area contributed by atoms with Crippen LogP contribution in [0.5, 0.6) is 5.75 Å². The van der Waals surface area contributed by atoms with Gasteiger partial charge in [-0.3, -0.25) is 4.79 Å². The van der Waals surface area contributed by atoms with Crippen molar-refractivity contribution in [2.45, 2.75) is 39.5 Å². The second kappa shape index (κ2) is 11.8. The van der Waals surface area contributed by atoms with Gasteiger partial charge in [0.15, 0.2) is 0 Å². The van der Waals surface area contributed by atoms with Crippen LogP contribution in [0.25, 0.3) is 22.4 Å². The van der Waals surface area contributed by atoms with E-state index in [0.717, 1.165) is 106 Å². The van der Waals surface area contributed by atoms with Crippen LogP contribution >= 0.6 is 0 Å². The average Bonchev–Trinajstić information content (AvgIpc) is 3.43. The van der Waals surface area contributed by atoms with Gasteiger partial charge in [0.1, 0.15) is 11.6 Å². The number of likely N-dealkylation sites (N-methyl/N-ethyl adjacent to an activating group) is 1. The second-order valence-electron chi connectivity index (χ2n) is 11.8. The maximum absolute atomic E-state index is 13.1. The summed E-state index contributed by atoms with van der Waals surface area (Å²) in [7, 11) is 2.18. The van der Waals surface area contributed by atoms with Crippen LogP contribution in [0.2, 0.25) is 0 Å². The number of carbonyl (C=O) groups excluding carboxylic acids is 1. The number of nitrogens with zero attached hydrogens (tertiary/aromatic N) is 4. The number of aromatic amines is 1. The molecule has 3 aromatic carbocycles. The third kappa shape index (κ3) is 5.49. The van der Waals surface area contributed by atoms with E-state index in [2.05, 4.69) is 50.2 Å². The van der Waals surface area contributed by atoms with Crippen LogP contribution in [0.3, 0.4) is 0 Å². The van der Waals surface area contributed by atoms with E-state index in [0.29, 0.717) is 17.1 Å². The van der Waals surface area contributed by atoms with Gasteiger partial charge in [0.05, 0.1) is 16.6 Å². The highest BCUT2D eigenvalue weighted by Crippen LogP contribution is 2.45. The summed E-state index contributed by atoms with van der Waals surface area (Å²) >= 11 is 0. The van der Waals surface area contributed by atoms with Crippen LogP contribution in [-0.4, -0.2) is 83.6 Å². The van der Waals surface area contributed by atoms with Gasteiger partial charge in [0.25, 0.3) is 5.91 Å². The number of rotatable bonds is 6. The van der Waals surface area contributed by atoms with Crippen molar-refractivity contribution in [3.05, 3.63) is 70.8 Å². The molecule has 0 radical (unpaired) electrons. The lowest BCUT2D eigenvalue weighted by molar-refractivity contribution is 0.102. The molecule has 7 rings (SSSR count). The van der Waals surface area contributed by atoms with Crippen LogP contribution in [0.1, 0.15) is 47.3 Å². The van der Waals surface area contributed by atoms with Crippen molar-refractivity contribution in [1.82, 2.24) is 19.8 Å². The molecule has 0 aliphatic carbocycles. The van der Waals surface area contributed by atoms with E-state index in [1.165, 1.54) is 16.8 Å². The number of benzene rings is 3. The molecule has 4 aromatic rings. The molecule has 4 heterocycles. The summed E-state index contributed by atoms with van der Waals surface area (Å²) in [6.07, 6.45) is 5.11. The van der Waals surface area contributed by atoms with Crippen molar-refractivity contribution < 1.29 is 9.90 Å². The molecule has 0 atom stereocenters.